The maximum absolute atomic E-state index is 14.0. The third kappa shape index (κ3) is 1.54. The van der Waals surface area contributed by atoms with Crippen LogP contribution >= 0.6 is 0 Å². The lowest BCUT2D eigenvalue weighted by atomic mass is 9.99. The van der Waals surface area contributed by atoms with Gasteiger partial charge in [-0.05, 0) is 37.3 Å². The van der Waals surface area contributed by atoms with Gasteiger partial charge in [0.1, 0.15) is 11.9 Å². The summed E-state index contributed by atoms with van der Waals surface area (Å²) in [6.45, 7) is 0. The fourth-order valence-electron chi connectivity index (χ4n) is 4.59. The molecule has 3 amide bonds. The Kier molecular flexibility index (Phi) is 2.45. The Hall–Kier alpha value is -2.43. The monoisotopic (exact) mass is 310 g/mol. The molecule has 2 aromatic rings. The Bertz CT molecular complexity index is 837. The molecule has 2 aliphatic heterocycles. The van der Waals surface area contributed by atoms with Crippen LogP contribution < -0.4 is 4.90 Å². The van der Waals surface area contributed by atoms with Gasteiger partial charge >= 0.3 is 6.03 Å². The summed E-state index contributed by atoms with van der Waals surface area (Å²) in [5, 5.41) is 1.03. The predicted octanol–water partition coefficient (Wildman–Crippen LogP) is 3.30. The smallest absolute Gasteiger partial charge is 0.309 e. The number of rotatable bonds is 1. The van der Waals surface area contributed by atoms with E-state index in [9.17, 15) is 14.0 Å². The number of imide groups is 1. The van der Waals surface area contributed by atoms with Gasteiger partial charge in [-0.1, -0.05) is 24.3 Å². The highest BCUT2D eigenvalue weighted by Gasteiger charge is 2.59. The molecule has 23 heavy (non-hydrogen) atoms. The van der Waals surface area contributed by atoms with Crippen LogP contribution in [0.1, 0.15) is 19.3 Å². The molecule has 2 heterocycles. The first-order chi connectivity index (χ1) is 11.2. The number of anilines is 1. The van der Waals surface area contributed by atoms with Crippen LogP contribution in [0.15, 0.2) is 36.4 Å². The van der Waals surface area contributed by atoms with Crippen molar-refractivity contribution < 1.29 is 14.0 Å². The molecule has 116 valence electrons. The minimum Gasteiger partial charge on any atom is -0.309 e. The number of fused-ring (bicyclic) bond motifs is 6. The summed E-state index contributed by atoms with van der Waals surface area (Å²) in [5.41, 5.74) is 0.491. The molecule has 0 N–H and O–H groups in total. The first kappa shape index (κ1) is 13.0. The number of halogens is 1. The first-order valence-corrected chi connectivity index (χ1v) is 8.00. The lowest BCUT2D eigenvalue weighted by Crippen LogP contribution is -2.40. The second-order valence-electron chi connectivity index (χ2n) is 6.65. The van der Waals surface area contributed by atoms with Crippen molar-refractivity contribution in [1.29, 1.82) is 0 Å². The Balaban J connectivity index is 1.67. The van der Waals surface area contributed by atoms with E-state index in [0.29, 0.717) is 16.5 Å². The maximum atomic E-state index is 14.0. The topological polar surface area (TPSA) is 40.6 Å². The number of nitrogens with zero attached hydrogens (tertiary/aromatic N) is 2. The van der Waals surface area contributed by atoms with Gasteiger partial charge in [-0.2, -0.15) is 0 Å². The standard InChI is InChI=1S/C18H15FN2O2/c19-14-7-8-15(13-4-2-1-3-12(13)14)21-17(22)16-10-5-6-11(9-10)20(16)18(21)23/h1-4,7-8,10-11,16H,5-6,9H2/t10-,11+,16-/m1/s1. The van der Waals surface area contributed by atoms with Crippen LogP contribution in [-0.4, -0.2) is 28.9 Å². The highest BCUT2D eigenvalue weighted by atomic mass is 19.1. The van der Waals surface area contributed by atoms with E-state index in [1.165, 1.54) is 17.0 Å². The third-order valence-corrected chi connectivity index (χ3v) is 5.56. The number of piperidine rings is 1. The lowest BCUT2D eigenvalue weighted by Gasteiger charge is -2.25. The zero-order valence-corrected chi connectivity index (χ0v) is 12.4. The molecule has 3 atom stereocenters. The Labute approximate surface area is 132 Å². The molecule has 3 fully saturated rings. The first-order valence-electron chi connectivity index (χ1n) is 8.00. The van der Waals surface area contributed by atoms with Crippen molar-refractivity contribution in [2.75, 3.05) is 4.90 Å². The molecule has 0 unspecified atom stereocenters. The lowest BCUT2D eigenvalue weighted by molar-refractivity contribution is -0.120. The molecule has 3 aliphatic rings. The minimum atomic E-state index is -0.344. The molecule has 5 heteroatoms. The molecule has 2 saturated heterocycles. The van der Waals surface area contributed by atoms with Crippen LogP contribution in [0.4, 0.5) is 14.9 Å². The number of hydrogen-bond donors (Lipinski definition) is 0. The molecule has 5 rings (SSSR count). The molecule has 0 radical (unpaired) electrons. The quantitative estimate of drug-likeness (QED) is 0.758. The Morgan fingerprint density at radius 3 is 2.57 bits per heavy atom. The van der Waals surface area contributed by atoms with Crippen LogP contribution in [0.5, 0.6) is 0 Å². The second-order valence-corrected chi connectivity index (χ2v) is 6.65. The largest absolute Gasteiger partial charge is 0.332 e. The van der Waals surface area contributed by atoms with Gasteiger partial charge in [0.25, 0.3) is 5.91 Å². The van der Waals surface area contributed by atoms with Crippen molar-refractivity contribution in [3.05, 3.63) is 42.2 Å². The van der Waals surface area contributed by atoms with E-state index < -0.39 is 0 Å². The fraction of sp³-hybridized carbons (Fsp3) is 0.333. The molecular formula is C18H15FN2O2. The van der Waals surface area contributed by atoms with E-state index in [2.05, 4.69) is 0 Å². The summed E-state index contributed by atoms with van der Waals surface area (Å²) in [7, 11) is 0. The summed E-state index contributed by atoms with van der Waals surface area (Å²) in [4.78, 5) is 28.8. The van der Waals surface area contributed by atoms with Crippen LogP contribution in [0.2, 0.25) is 0 Å². The van der Waals surface area contributed by atoms with Gasteiger partial charge < -0.3 is 4.90 Å². The minimum absolute atomic E-state index is 0.154. The van der Waals surface area contributed by atoms with Crippen molar-refractivity contribution >= 4 is 28.4 Å². The van der Waals surface area contributed by atoms with E-state index in [4.69, 9.17) is 0 Å². The summed E-state index contributed by atoms with van der Waals surface area (Å²) < 4.78 is 14.0. The van der Waals surface area contributed by atoms with Gasteiger partial charge in [0.15, 0.2) is 0 Å². The van der Waals surface area contributed by atoms with Crippen molar-refractivity contribution in [2.24, 2.45) is 5.92 Å². The average Bonchev–Trinajstić information content (AvgIpc) is 3.24. The predicted molar refractivity (Wildman–Crippen MR) is 83.5 cm³/mol. The van der Waals surface area contributed by atoms with Gasteiger partial charge in [-0.15, -0.1) is 0 Å². The van der Waals surface area contributed by atoms with Gasteiger partial charge in [0, 0.05) is 16.8 Å². The summed E-state index contributed by atoms with van der Waals surface area (Å²) in [6, 6.07) is 9.47. The molecule has 2 bridgehead atoms. The van der Waals surface area contributed by atoms with Crippen molar-refractivity contribution in [1.82, 2.24) is 4.90 Å². The van der Waals surface area contributed by atoms with E-state index in [0.717, 1.165) is 19.3 Å². The van der Waals surface area contributed by atoms with Crippen LogP contribution in [-0.2, 0) is 4.79 Å². The zero-order valence-electron chi connectivity index (χ0n) is 12.4. The summed E-state index contributed by atoms with van der Waals surface area (Å²) in [5.74, 6) is -0.212. The molecule has 0 aromatic heterocycles. The highest BCUT2D eigenvalue weighted by molar-refractivity contribution is 6.24. The van der Waals surface area contributed by atoms with Gasteiger partial charge in [0.05, 0.1) is 5.69 Å². The highest BCUT2D eigenvalue weighted by Crippen LogP contribution is 2.47. The van der Waals surface area contributed by atoms with E-state index in [1.807, 2.05) is 0 Å². The number of urea groups is 1. The van der Waals surface area contributed by atoms with E-state index in [-0.39, 0.29) is 35.8 Å². The SMILES string of the molecule is O=C1[C@H]2[C@@H]3CC[C@@H](C3)N2C(=O)N1c1ccc(F)c2ccccc12. The molecule has 0 spiro atoms. The molecule has 1 aliphatic carbocycles. The third-order valence-electron chi connectivity index (χ3n) is 5.56. The molecule has 2 aromatic carbocycles. The van der Waals surface area contributed by atoms with E-state index in [1.54, 1.807) is 29.2 Å². The van der Waals surface area contributed by atoms with E-state index >= 15 is 0 Å². The van der Waals surface area contributed by atoms with Crippen LogP contribution in [0.3, 0.4) is 0 Å². The van der Waals surface area contributed by atoms with Crippen LogP contribution in [0, 0.1) is 11.7 Å². The van der Waals surface area contributed by atoms with Crippen molar-refractivity contribution in [3.63, 3.8) is 0 Å². The van der Waals surface area contributed by atoms with Gasteiger partial charge in [-0.25, -0.2) is 14.1 Å². The average molecular weight is 310 g/mol. The summed E-state index contributed by atoms with van der Waals surface area (Å²) >= 11 is 0. The number of hydrogen-bond acceptors (Lipinski definition) is 2. The second kappa shape index (κ2) is 4.31. The summed E-state index contributed by atoms with van der Waals surface area (Å²) in [6.07, 6.45) is 2.95. The molecular weight excluding hydrogens is 295 g/mol. The van der Waals surface area contributed by atoms with Crippen molar-refractivity contribution in [2.45, 2.75) is 31.3 Å². The maximum Gasteiger partial charge on any atom is 0.332 e. The number of carbonyl (C=O) groups is 2. The van der Waals surface area contributed by atoms with Crippen LogP contribution in [0.25, 0.3) is 10.8 Å². The van der Waals surface area contributed by atoms with Crippen molar-refractivity contribution in [3.8, 4) is 0 Å². The zero-order chi connectivity index (χ0) is 15.7. The fourth-order valence-corrected chi connectivity index (χ4v) is 4.59. The van der Waals surface area contributed by atoms with Gasteiger partial charge in [-0.3, -0.25) is 4.79 Å². The number of benzene rings is 2. The number of carbonyl (C=O) groups excluding carboxylic acids is 2. The Morgan fingerprint density at radius 2 is 1.78 bits per heavy atom. The number of amides is 3. The normalized spacial score (nSPS) is 29.0. The Morgan fingerprint density at radius 1 is 1.00 bits per heavy atom. The van der Waals surface area contributed by atoms with Gasteiger partial charge in [0.2, 0.25) is 0 Å². The molecule has 4 nitrogen and oxygen atoms in total. The molecule has 1 saturated carbocycles.